The van der Waals surface area contributed by atoms with E-state index in [1.54, 1.807) is 0 Å². The fraction of sp³-hybridized carbons (Fsp3) is 0.769. The lowest BCUT2D eigenvalue weighted by molar-refractivity contribution is 0.102. The minimum Gasteiger partial charge on any atom is -0.379 e. The Kier molecular flexibility index (Phi) is 4.95. The fourth-order valence-electron chi connectivity index (χ4n) is 1.71. The molecule has 4 heteroatoms. The molecule has 1 heterocycles. The zero-order valence-corrected chi connectivity index (χ0v) is 12.4. The average molecular weight is 256 g/mol. The molecule has 0 radical (unpaired) electrons. The van der Waals surface area contributed by atoms with Crippen LogP contribution >= 0.6 is 12.2 Å². The van der Waals surface area contributed by atoms with E-state index in [-0.39, 0.29) is 5.41 Å². The maximum Gasteiger partial charge on any atom is 0.177 e. The first-order chi connectivity index (χ1) is 7.82. The van der Waals surface area contributed by atoms with Crippen LogP contribution in [-0.2, 0) is 16.7 Å². The van der Waals surface area contributed by atoms with Gasteiger partial charge in [-0.1, -0.05) is 34.6 Å². The van der Waals surface area contributed by atoms with Gasteiger partial charge in [0.15, 0.2) is 4.77 Å². The zero-order valence-electron chi connectivity index (χ0n) is 11.5. The Morgan fingerprint density at radius 2 is 2.06 bits per heavy atom. The van der Waals surface area contributed by atoms with Crippen molar-refractivity contribution in [2.45, 2.75) is 46.6 Å². The summed E-state index contributed by atoms with van der Waals surface area (Å²) in [5.41, 5.74) is 1.33. The first-order valence-corrected chi connectivity index (χ1v) is 6.59. The second-order valence-corrected chi connectivity index (χ2v) is 6.24. The third-order valence-corrected chi connectivity index (χ3v) is 2.89. The Hall–Kier alpha value is -0.610. The molecule has 0 saturated heterocycles. The Morgan fingerprint density at radius 1 is 1.41 bits per heavy atom. The molecule has 0 aliphatic heterocycles. The van der Waals surface area contributed by atoms with Crippen molar-refractivity contribution in [3.05, 3.63) is 16.7 Å². The molecular weight excluding hydrogens is 232 g/mol. The van der Waals surface area contributed by atoms with Crippen LogP contribution in [0.3, 0.4) is 0 Å². The summed E-state index contributed by atoms with van der Waals surface area (Å²) in [6.45, 7) is 13.2. The maximum atomic E-state index is 5.61. The monoisotopic (exact) mass is 256 g/mol. The summed E-state index contributed by atoms with van der Waals surface area (Å²) in [4.78, 5) is 3.12. The predicted octanol–water partition coefficient (Wildman–Crippen LogP) is 3.52. The van der Waals surface area contributed by atoms with Crippen molar-refractivity contribution in [3.8, 4) is 0 Å². The van der Waals surface area contributed by atoms with E-state index in [4.69, 9.17) is 17.0 Å². The van der Waals surface area contributed by atoms with E-state index in [2.05, 4.69) is 44.2 Å². The molecular formula is C13H24N2OS. The highest BCUT2D eigenvalue weighted by Crippen LogP contribution is 2.22. The molecule has 1 N–H and O–H groups in total. The van der Waals surface area contributed by atoms with Crippen molar-refractivity contribution in [3.63, 3.8) is 0 Å². The molecule has 0 bridgehead atoms. The molecule has 0 aromatic carbocycles. The van der Waals surface area contributed by atoms with E-state index in [1.165, 1.54) is 5.69 Å². The summed E-state index contributed by atoms with van der Waals surface area (Å²) in [5.74, 6) is 0.580. The molecule has 0 amide bonds. The summed E-state index contributed by atoms with van der Waals surface area (Å²) in [6.07, 6.45) is 2.00. The van der Waals surface area contributed by atoms with Gasteiger partial charge in [-0.05, 0) is 18.1 Å². The molecule has 0 aliphatic carbocycles. The van der Waals surface area contributed by atoms with Crippen LogP contribution in [0.4, 0.5) is 0 Å². The average Bonchev–Trinajstić information content (AvgIpc) is 2.54. The molecule has 0 spiro atoms. The van der Waals surface area contributed by atoms with Crippen LogP contribution in [0.1, 0.15) is 40.3 Å². The van der Waals surface area contributed by atoms with Crippen LogP contribution in [0, 0.1) is 10.7 Å². The SMILES string of the molecule is CC(C)COCCn1c(C(C)(C)C)c[nH]c1=S. The van der Waals surface area contributed by atoms with E-state index < -0.39 is 0 Å². The van der Waals surface area contributed by atoms with Gasteiger partial charge in [0.05, 0.1) is 6.61 Å². The van der Waals surface area contributed by atoms with Crippen molar-refractivity contribution in [2.24, 2.45) is 5.92 Å². The van der Waals surface area contributed by atoms with Crippen LogP contribution in [0.15, 0.2) is 6.20 Å². The molecule has 3 nitrogen and oxygen atoms in total. The summed E-state index contributed by atoms with van der Waals surface area (Å²) in [7, 11) is 0. The molecule has 1 rings (SSSR count). The van der Waals surface area contributed by atoms with Gasteiger partial charge in [0.2, 0.25) is 0 Å². The van der Waals surface area contributed by atoms with Gasteiger partial charge in [0.1, 0.15) is 0 Å². The summed E-state index contributed by atoms with van der Waals surface area (Å²) in [6, 6.07) is 0. The van der Waals surface area contributed by atoms with E-state index in [1.807, 2.05) is 6.20 Å². The molecule has 0 saturated carbocycles. The molecule has 1 aromatic heterocycles. The molecule has 0 aliphatic rings. The van der Waals surface area contributed by atoms with Gasteiger partial charge in [-0.2, -0.15) is 0 Å². The number of nitrogens with one attached hydrogen (secondary N) is 1. The Bertz CT molecular complexity index is 398. The standard InChI is InChI=1S/C13H24N2OS/c1-10(2)9-16-7-6-15-11(13(3,4)5)8-14-12(15)17/h8,10H,6-7,9H2,1-5H3,(H,14,17). The highest BCUT2D eigenvalue weighted by Gasteiger charge is 2.18. The minimum absolute atomic E-state index is 0.103. The van der Waals surface area contributed by atoms with E-state index in [0.29, 0.717) is 12.5 Å². The lowest BCUT2D eigenvalue weighted by Crippen LogP contribution is -2.20. The Morgan fingerprint density at radius 3 is 2.59 bits per heavy atom. The number of nitrogens with zero attached hydrogens (tertiary/aromatic N) is 1. The first-order valence-electron chi connectivity index (χ1n) is 6.19. The number of imidazole rings is 1. The highest BCUT2D eigenvalue weighted by molar-refractivity contribution is 7.71. The van der Waals surface area contributed by atoms with Crippen LogP contribution in [-0.4, -0.2) is 22.8 Å². The number of aromatic amines is 1. The molecule has 0 atom stereocenters. The highest BCUT2D eigenvalue weighted by atomic mass is 32.1. The number of hydrogen-bond donors (Lipinski definition) is 1. The van der Waals surface area contributed by atoms with Crippen molar-refractivity contribution in [1.82, 2.24) is 9.55 Å². The number of hydrogen-bond acceptors (Lipinski definition) is 2. The molecule has 0 unspecified atom stereocenters. The van der Waals surface area contributed by atoms with Crippen molar-refractivity contribution < 1.29 is 4.74 Å². The zero-order chi connectivity index (χ0) is 13.1. The third kappa shape index (κ3) is 4.28. The van der Waals surface area contributed by atoms with Gasteiger partial charge in [-0.25, -0.2) is 0 Å². The number of aromatic nitrogens is 2. The van der Waals surface area contributed by atoms with Crippen LogP contribution in [0.5, 0.6) is 0 Å². The number of rotatable bonds is 5. The Balaban J connectivity index is 2.65. The van der Waals surface area contributed by atoms with Crippen LogP contribution in [0.2, 0.25) is 0 Å². The summed E-state index contributed by atoms with van der Waals surface area (Å²) >= 11 is 5.29. The third-order valence-electron chi connectivity index (χ3n) is 2.55. The maximum absolute atomic E-state index is 5.61. The van der Waals surface area contributed by atoms with Gasteiger partial charge < -0.3 is 14.3 Å². The molecule has 0 fully saturated rings. The van der Waals surface area contributed by atoms with Gasteiger partial charge >= 0.3 is 0 Å². The van der Waals surface area contributed by atoms with E-state index in [9.17, 15) is 0 Å². The smallest absolute Gasteiger partial charge is 0.177 e. The van der Waals surface area contributed by atoms with Gasteiger partial charge in [0.25, 0.3) is 0 Å². The fourth-order valence-corrected chi connectivity index (χ4v) is 1.96. The molecule has 17 heavy (non-hydrogen) atoms. The summed E-state index contributed by atoms with van der Waals surface area (Å²) < 4.78 is 8.53. The molecule has 1 aromatic rings. The quantitative estimate of drug-likeness (QED) is 0.645. The van der Waals surface area contributed by atoms with Gasteiger partial charge in [-0.15, -0.1) is 0 Å². The van der Waals surface area contributed by atoms with E-state index in [0.717, 1.165) is 17.9 Å². The topological polar surface area (TPSA) is 29.9 Å². The lowest BCUT2D eigenvalue weighted by Gasteiger charge is -2.20. The van der Waals surface area contributed by atoms with E-state index >= 15 is 0 Å². The normalized spacial score (nSPS) is 12.4. The van der Waals surface area contributed by atoms with Crippen LogP contribution in [0.25, 0.3) is 0 Å². The van der Waals surface area contributed by atoms with Crippen molar-refractivity contribution in [2.75, 3.05) is 13.2 Å². The number of H-pyrrole nitrogens is 1. The van der Waals surface area contributed by atoms with Gasteiger partial charge in [-0.3, -0.25) is 0 Å². The molecule has 98 valence electrons. The van der Waals surface area contributed by atoms with Gasteiger partial charge in [0, 0.05) is 30.5 Å². The van der Waals surface area contributed by atoms with Crippen LogP contribution < -0.4 is 0 Å². The predicted molar refractivity (Wildman–Crippen MR) is 74.0 cm³/mol. The minimum atomic E-state index is 0.103. The number of ether oxygens (including phenoxy) is 1. The lowest BCUT2D eigenvalue weighted by atomic mass is 9.93. The van der Waals surface area contributed by atoms with Crippen molar-refractivity contribution >= 4 is 12.2 Å². The second kappa shape index (κ2) is 5.83. The first kappa shape index (κ1) is 14.5. The van der Waals surface area contributed by atoms with Crippen molar-refractivity contribution in [1.29, 1.82) is 0 Å². The largest absolute Gasteiger partial charge is 0.379 e. The Labute approximate surface area is 109 Å². The summed E-state index contributed by atoms with van der Waals surface area (Å²) in [5, 5.41) is 0. The second-order valence-electron chi connectivity index (χ2n) is 5.85.